The van der Waals surface area contributed by atoms with Crippen LogP contribution in [0.4, 0.5) is 5.69 Å². The predicted molar refractivity (Wildman–Crippen MR) is 88.7 cm³/mol. The average molecular weight is 299 g/mol. The van der Waals surface area contributed by atoms with Gasteiger partial charge in [-0.05, 0) is 49.7 Å². The van der Waals surface area contributed by atoms with Gasteiger partial charge in [0, 0.05) is 22.3 Å². The van der Waals surface area contributed by atoms with Crippen LogP contribution in [-0.2, 0) is 6.42 Å². The van der Waals surface area contributed by atoms with Crippen LogP contribution in [0.3, 0.4) is 0 Å². The van der Waals surface area contributed by atoms with Crippen molar-refractivity contribution in [2.45, 2.75) is 38.5 Å². The normalized spacial score (nSPS) is 23.8. The lowest BCUT2D eigenvalue weighted by Crippen LogP contribution is -2.24. The van der Waals surface area contributed by atoms with E-state index in [2.05, 4.69) is 13.0 Å². The summed E-state index contributed by atoms with van der Waals surface area (Å²) in [6.45, 7) is 2.24. The maximum Gasteiger partial charge on any atom is 0.0741 e. The van der Waals surface area contributed by atoms with Crippen molar-refractivity contribution in [3.8, 4) is 0 Å². The number of halogens is 1. The fourth-order valence-corrected chi connectivity index (χ4v) is 4.36. The molecular weight excluding hydrogens is 280 g/mol. The maximum absolute atomic E-state index is 6.52. The zero-order chi connectivity index (χ0) is 14.6. The van der Waals surface area contributed by atoms with Gasteiger partial charge in [0.25, 0.3) is 0 Å². The zero-order valence-electron chi connectivity index (χ0n) is 12.2. The molecule has 1 heterocycles. The number of fused-ring (bicyclic) bond motifs is 5. The molecule has 0 saturated carbocycles. The van der Waals surface area contributed by atoms with Gasteiger partial charge in [-0.1, -0.05) is 36.2 Å². The van der Waals surface area contributed by atoms with Crippen LogP contribution in [-0.4, -0.2) is 4.98 Å². The molecule has 3 heteroatoms. The number of aromatic nitrogens is 1. The van der Waals surface area contributed by atoms with Gasteiger partial charge in [0.1, 0.15) is 0 Å². The van der Waals surface area contributed by atoms with Crippen LogP contribution < -0.4 is 5.73 Å². The van der Waals surface area contributed by atoms with Crippen LogP contribution in [0.2, 0.25) is 5.02 Å². The number of hydrogen-bond donors (Lipinski definition) is 1. The van der Waals surface area contributed by atoms with Crippen LogP contribution in [0.5, 0.6) is 0 Å². The lowest BCUT2D eigenvalue weighted by atomic mass is 9.70. The Labute approximate surface area is 130 Å². The van der Waals surface area contributed by atoms with Crippen molar-refractivity contribution >= 4 is 28.2 Å². The number of rotatable bonds is 1. The lowest BCUT2D eigenvalue weighted by Gasteiger charge is -2.36. The summed E-state index contributed by atoms with van der Waals surface area (Å²) in [6, 6.07) is 5.86. The number of hydrogen-bond acceptors (Lipinski definition) is 2. The molecule has 21 heavy (non-hydrogen) atoms. The Hall–Kier alpha value is -1.54. The molecule has 0 fully saturated rings. The van der Waals surface area contributed by atoms with Gasteiger partial charge in [0.2, 0.25) is 0 Å². The van der Waals surface area contributed by atoms with Crippen molar-refractivity contribution in [2.75, 3.05) is 5.73 Å². The van der Waals surface area contributed by atoms with Gasteiger partial charge in [-0.3, -0.25) is 4.98 Å². The number of nitrogens with zero attached hydrogens (tertiary/aromatic N) is 1. The summed E-state index contributed by atoms with van der Waals surface area (Å²) < 4.78 is 0. The second-order valence-corrected chi connectivity index (χ2v) is 6.71. The largest absolute Gasteiger partial charge is 0.398 e. The molecule has 2 aliphatic rings. The molecule has 0 unspecified atom stereocenters. The van der Waals surface area contributed by atoms with E-state index in [1.54, 1.807) is 5.57 Å². The number of nitrogens with two attached hydrogens (primary N) is 1. The van der Waals surface area contributed by atoms with Crippen molar-refractivity contribution in [3.63, 3.8) is 0 Å². The van der Waals surface area contributed by atoms with E-state index in [1.807, 2.05) is 18.2 Å². The third-order valence-electron chi connectivity index (χ3n) is 5.00. The van der Waals surface area contributed by atoms with E-state index in [0.29, 0.717) is 16.9 Å². The molecule has 0 saturated heterocycles. The molecule has 1 aromatic carbocycles. The Morgan fingerprint density at radius 3 is 3.00 bits per heavy atom. The SMILES string of the molecule is CCC1=C[C@H]2Cc3nc4cccc(Cl)c4c(N)c3[C@@H](C1)C2. The van der Waals surface area contributed by atoms with E-state index in [4.69, 9.17) is 22.3 Å². The Bertz CT molecular complexity index is 763. The minimum Gasteiger partial charge on any atom is -0.398 e. The summed E-state index contributed by atoms with van der Waals surface area (Å²) in [5, 5.41) is 1.65. The Kier molecular flexibility index (Phi) is 2.97. The number of pyridine rings is 1. The van der Waals surface area contributed by atoms with Crippen LogP contribution in [0.25, 0.3) is 10.9 Å². The van der Waals surface area contributed by atoms with Crippen molar-refractivity contribution in [2.24, 2.45) is 5.92 Å². The topological polar surface area (TPSA) is 38.9 Å². The minimum absolute atomic E-state index is 0.520. The van der Waals surface area contributed by atoms with Gasteiger partial charge in [0.15, 0.2) is 0 Å². The fraction of sp³-hybridized carbons (Fsp3) is 0.389. The molecule has 0 amide bonds. The summed E-state index contributed by atoms with van der Waals surface area (Å²) in [5.41, 5.74) is 12.3. The van der Waals surface area contributed by atoms with Crippen molar-refractivity contribution in [3.05, 3.63) is 46.1 Å². The van der Waals surface area contributed by atoms with E-state index in [1.165, 1.54) is 17.7 Å². The van der Waals surface area contributed by atoms with E-state index in [9.17, 15) is 0 Å². The molecule has 0 radical (unpaired) electrons. The maximum atomic E-state index is 6.52. The highest BCUT2D eigenvalue weighted by molar-refractivity contribution is 6.36. The second kappa shape index (κ2) is 4.74. The highest BCUT2D eigenvalue weighted by Gasteiger charge is 2.33. The number of nitrogen functional groups attached to an aromatic ring is 1. The predicted octanol–water partition coefficient (Wildman–Crippen LogP) is 4.86. The standard InChI is InChI=1S/C18H19ClN2/c1-2-10-6-11-8-12(7-10)16-15(9-11)21-14-5-3-4-13(19)17(14)18(16)20/h3-6,11-12H,2,7-9H2,1H3,(H2,20,21)/t11-,12+/m1/s1. The Morgan fingerprint density at radius 1 is 1.33 bits per heavy atom. The zero-order valence-corrected chi connectivity index (χ0v) is 13.0. The van der Waals surface area contributed by atoms with Crippen LogP contribution >= 0.6 is 11.6 Å². The first kappa shape index (κ1) is 13.1. The summed E-state index contributed by atoms with van der Waals surface area (Å²) in [5.74, 6) is 1.15. The highest BCUT2D eigenvalue weighted by atomic mass is 35.5. The Balaban J connectivity index is 1.95. The molecular formula is C18H19ClN2. The molecule has 2 nitrogen and oxygen atoms in total. The molecule has 2 atom stereocenters. The molecule has 2 N–H and O–H groups in total. The third-order valence-corrected chi connectivity index (χ3v) is 5.32. The monoisotopic (exact) mass is 298 g/mol. The quantitative estimate of drug-likeness (QED) is 0.764. The van der Waals surface area contributed by atoms with Gasteiger partial charge in [-0.15, -0.1) is 0 Å². The lowest BCUT2D eigenvalue weighted by molar-refractivity contribution is 0.429. The summed E-state index contributed by atoms with van der Waals surface area (Å²) in [6.07, 6.45) is 6.96. The molecule has 0 spiro atoms. The van der Waals surface area contributed by atoms with E-state index in [0.717, 1.165) is 35.9 Å². The number of benzene rings is 1. The first-order valence-electron chi connectivity index (χ1n) is 7.73. The van der Waals surface area contributed by atoms with Crippen molar-refractivity contribution in [1.82, 2.24) is 4.98 Å². The van der Waals surface area contributed by atoms with Crippen molar-refractivity contribution in [1.29, 1.82) is 0 Å². The van der Waals surface area contributed by atoms with Crippen molar-refractivity contribution < 1.29 is 0 Å². The smallest absolute Gasteiger partial charge is 0.0741 e. The van der Waals surface area contributed by atoms with Crippen LogP contribution in [0.1, 0.15) is 43.4 Å². The molecule has 0 aliphatic heterocycles. The average Bonchev–Trinajstić information content (AvgIpc) is 2.46. The van der Waals surface area contributed by atoms with E-state index < -0.39 is 0 Å². The van der Waals surface area contributed by atoms with E-state index >= 15 is 0 Å². The summed E-state index contributed by atoms with van der Waals surface area (Å²) in [7, 11) is 0. The summed E-state index contributed by atoms with van der Waals surface area (Å²) in [4.78, 5) is 4.88. The van der Waals surface area contributed by atoms with E-state index in [-0.39, 0.29) is 0 Å². The molecule has 2 bridgehead atoms. The number of anilines is 1. The third kappa shape index (κ3) is 1.96. The van der Waals surface area contributed by atoms with Crippen LogP contribution in [0, 0.1) is 5.92 Å². The first-order chi connectivity index (χ1) is 10.2. The summed E-state index contributed by atoms with van der Waals surface area (Å²) >= 11 is 6.36. The first-order valence-corrected chi connectivity index (χ1v) is 8.11. The van der Waals surface area contributed by atoms with Crippen LogP contribution in [0.15, 0.2) is 29.8 Å². The highest BCUT2D eigenvalue weighted by Crippen LogP contribution is 2.47. The molecule has 108 valence electrons. The molecule has 2 aliphatic carbocycles. The van der Waals surface area contributed by atoms with Gasteiger partial charge in [-0.25, -0.2) is 0 Å². The van der Waals surface area contributed by atoms with Gasteiger partial charge < -0.3 is 5.73 Å². The Morgan fingerprint density at radius 2 is 2.19 bits per heavy atom. The molecule has 2 aromatic rings. The van der Waals surface area contributed by atoms with Gasteiger partial charge >= 0.3 is 0 Å². The molecule has 1 aromatic heterocycles. The number of allylic oxidation sites excluding steroid dienone is 2. The minimum atomic E-state index is 0.520. The van der Waals surface area contributed by atoms with Gasteiger partial charge in [0.05, 0.1) is 10.5 Å². The molecule has 4 rings (SSSR count). The van der Waals surface area contributed by atoms with Gasteiger partial charge in [-0.2, -0.15) is 0 Å². The fourth-order valence-electron chi connectivity index (χ4n) is 4.09. The second-order valence-electron chi connectivity index (χ2n) is 6.30.